The zero-order chi connectivity index (χ0) is 13.3. The molecule has 1 heteroatoms. The van der Waals surface area contributed by atoms with Crippen LogP contribution in [0, 0.1) is 11.8 Å². The molecule has 0 spiro atoms. The second kappa shape index (κ2) is 9.00. The van der Waals surface area contributed by atoms with Crippen molar-refractivity contribution >= 4 is 0 Å². The molecule has 0 aromatic rings. The fraction of sp³-hybridized carbons (Fsp3) is 1.00. The summed E-state index contributed by atoms with van der Waals surface area (Å²) in [5, 5.41) is 3.80. The first kappa shape index (κ1) is 15.4. The molecule has 2 rings (SSSR count). The maximum atomic E-state index is 3.80. The van der Waals surface area contributed by atoms with Crippen LogP contribution in [0.15, 0.2) is 0 Å². The quantitative estimate of drug-likeness (QED) is 0.643. The summed E-state index contributed by atoms with van der Waals surface area (Å²) in [6.07, 6.45) is 19.4. The second-order valence-corrected chi connectivity index (χ2v) is 7.09. The smallest absolute Gasteiger partial charge is 0.00722 e. The summed E-state index contributed by atoms with van der Waals surface area (Å²) in [7, 11) is 0. The minimum atomic E-state index is 0.816. The molecule has 112 valence electrons. The van der Waals surface area contributed by atoms with Crippen molar-refractivity contribution < 1.29 is 0 Å². The highest BCUT2D eigenvalue weighted by Crippen LogP contribution is 2.31. The summed E-state index contributed by atoms with van der Waals surface area (Å²) >= 11 is 0. The molecule has 0 heterocycles. The molecule has 19 heavy (non-hydrogen) atoms. The van der Waals surface area contributed by atoms with E-state index in [1.807, 2.05) is 0 Å². The van der Waals surface area contributed by atoms with Gasteiger partial charge in [0.1, 0.15) is 0 Å². The molecule has 0 aliphatic heterocycles. The second-order valence-electron chi connectivity index (χ2n) is 7.09. The molecule has 0 radical (unpaired) electrons. The van der Waals surface area contributed by atoms with Crippen LogP contribution in [0.3, 0.4) is 0 Å². The predicted octanol–water partition coefficient (Wildman–Crippen LogP) is 5.30. The van der Waals surface area contributed by atoms with Gasteiger partial charge in [0.2, 0.25) is 0 Å². The molecule has 0 saturated heterocycles. The van der Waals surface area contributed by atoms with E-state index in [1.165, 1.54) is 83.5 Å². The van der Waals surface area contributed by atoms with E-state index >= 15 is 0 Å². The van der Waals surface area contributed by atoms with Crippen molar-refractivity contribution in [3.8, 4) is 0 Å². The summed E-state index contributed by atoms with van der Waals surface area (Å²) < 4.78 is 0. The topological polar surface area (TPSA) is 12.0 Å². The van der Waals surface area contributed by atoms with Crippen molar-refractivity contribution in [2.45, 2.75) is 96.4 Å². The molecule has 1 unspecified atom stereocenters. The first-order valence-corrected chi connectivity index (χ1v) is 9.12. The van der Waals surface area contributed by atoms with Crippen molar-refractivity contribution in [3.05, 3.63) is 0 Å². The van der Waals surface area contributed by atoms with Gasteiger partial charge >= 0.3 is 0 Å². The Morgan fingerprint density at radius 1 is 0.737 bits per heavy atom. The van der Waals surface area contributed by atoms with E-state index in [-0.39, 0.29) is 0 Å². The van der Waals surface area contributed by atoms with Crippen LogP contribution in [0.25, 0.3) is 0 Å². The van der Waals surface area contributed by atoms with Gasteiger partial charge in [-0.25, -0.2) is 0 Å². The Hall–Kier alpha value is -0.0400. The van der Waals surface area contributed by atoms with E-state index in [4.69, 9.17) is 0 Å². The zero-order valence-electron chi connectivity index (χ0n) is 13.1. The van der Waals surface area contributed by atoms with E-state index in [0.717, 1.165) is 24.4 Å². The molecule has 2 aliphatic rings. The van der Waals surface area contributed by atoms with E-state index in [1.54, 1.807) is 0 Å². The minimum Gasteiger partial charge on any atom is -0.314 e. The highest BCUT2D eigenvalue weighted by Gasteiger charge is 2.22. The van der Waals surface area contributed by atoms with E-state index < -0.39 is 0 Å². The summed E-state index contributed by atoms with van der Waals surface area (Å²) in [6.45, 7) is 3.44. The van der Waals surface area contributed by atoms with Gasteiger partial charge in [-0.15, -0.1) is 0 Å². The lowest BCUT2D eigenvalue weighted by Crippen LogP contribution is -2.33. The predicted molar refractivity (Wildman–Crippen MR) is 84.5 cm³/mol. The standard InChI is InChI=1S/C18H35N/c1-2-19-18(15-17-12-8-5-9-13-17)14-16-10-6-3-4-7-11-16/h16-19H,2-15H2,1H3. The van der Waals surface area contributed by atoms with Crippen molar-refractivity contribution in [3.63, 3.8) is 0 Å². The van der Waals surface area contributed by atoms with Gasteiger partial charge in [-0.1, -0.05) is 77.6 Å². The van der Waals surface area contributed by atoms with Crippen LogP contribution in [0.2, 0.25) is 0 Å². The molecule has 0 amide bonds. The van der Waals surface area contributed by atoms with E-state index in [2.05, 4.69) is 12.2 Å². The average molecular weight is 265 g/mol. The Morgan fingerprint density at radius 3 is 1.58 bits per heavy atom. The zero-order valence-corrected chi connectivity index (χ0v) is 13.1. The molecule has 2 aliphatic carbocycles. The Balaban J connectivity index is 1.76. The fourth-order valence-electron chi connectivity index (χ4n) is 4.38. The lowest BCUT2D eigenvalue weighted by Gasteiger charge is -2.29. The third-order valence-electron chi connectivity index (χ3n) is 5.43. The molecule has 2 saturated carbocycles. The molecule has 1 atom stereocenters. The number of hydrogen-bond acceptors (Lipinski definition) is 1. The number of rotatable bonds is 6. The molecule has 1 N–H and O–H groups in total. The molecular formula is C18H35N. The Morgan fingerprint density at radius 2 is 1.16 bits per heavy atom. The van der Waals surface area contributed by atoms with Gasteiger partial charge in [0.15, 0.2) is 0 Å². The van der Waals surface area contributed by atoms with Crippen LogP contribution in [0.4, 0.5) is 0 Å². The number of nitrogens with one attached hydrogen (secondary N) is 1. The normalized spacial score (nSPS) is 25.1. The monoisotopic (exact) mass is 265 g/mol. The van der Waals surface area contributed by atoms with E-state index in [9.17, 15) is 0 Å². The Kier molecular flexibility index (Phi) is 7.27. The summed E-state index contributed by atoms with van der Waals surface area (Å²) in [5.74, 6) is 2.05. The third-order valence-corrected chi connectivity index (χ3v) is 5.43. The van der Waals surface area contributed by atoms with Gasteiger partial charge in [-0.05, 0) is 31.2 Å². The lowest BCUT2D eigenvalue weighted by atomic mass is 9.82. The average Bonchev–Trinajstić information content (AvgIpc) is 2.69. The van der Waals surface area contributed by atoms with Crippen LogP contribution in [-0.2, 0) is 0 Å². The molecule has 1 nitrogen and oxygen atoms in total. The van der Waals surface area contributed by atoms with Crippen LogP contribution >= 0.6 is 0 Å². The first-order chi connectivity index (χ1) is 9.38. The van der Waals surface area contributed by atoms with Crippen molar-refractivity contribution in [2.24, 2.45) is 11.8 Å². The molecule has 0 aromatic carbocycles. The Bertz CT molecular complexity index is 212. The fourth-order valence-corrected chi connectivity index (χ4v) is 4.38. The van der Waals surface area contributed by atoms with Crippen LogP contribution in [-0.4, -0.2) is 12.6 Å². The molecular weight excluding hydrogens is 230 g/mol. The van der Waals surface area contributed by atoms with Crippen molar-refractivity contribution in [1.29, 1.82) is 0 Å². The van der Waals surface area contributed by atoms with E-state index in [0.29, 0.717) is 0 Å². The summed E-state index contributed by atoms with van der Waals surface area (Å²) in [5.41, 5.74) is 0. The van der Waals surface area contributed by atoms with Crippen LogP contribution < -0.4 is 5.32 Å². The Labute approximate surface area is 120 Å². The first-order valence-electron chi connectivity index (χ1n) is 9.12. The maximum absolute atomic E-state index is 3.80. The SMILES string of the molecule is CCNC(CC1CCCCCC1)CC1CCCCC1. The van der Waals surface area contributed by atoms with Crippen molar-refractivity contribution in [1.82, 2.24) is 5.32 Å². The van der Waals surface area contributed by atoms with Gasteiger partial charge in [-0.2, -0.15) is 0 Å². The number of hydrogen-bond donors (Lipinski definition) is 1. The summed E-state index contributed by atoms with van der Waals surface area (Å²) in [6, 6.07) is 0.816. The highest BCUT2D eigenvalue weighted by atomic mass is 14.9. The van der Waals surface area contributed by atoms with Gasteiger partial charge in [0.25, 0.3) is 0 Å². The highest BCUT2D eigenvalue weighted by molar-refractivity contribution is 4.78. The minimum absolute atomic E-state index is 0.816. The summed E-state index contributed by atoms with van der Waals surface area (Å²) in [4.78, 5) is 0. The van der Waals surface area contributed by atoms with Gasteiger partial charge in [-0.3, -0.25) is 0 Å². The van der Waals surface area contributed by atoms with Crippen molar-refractivity contribution in [2.75, 3.05) is 6.54 Å². The largest absolute Gasteiger partial charge is 0.314 e. The van der Waals surface area contributed by atoms with Gasteiger partial charge in [0.05, 0.1) is 0 Å². The molecule has 0 aromatic heterocycles. The molecule has 0 bridgehead atoms. The maximum Gasteiger partial charge on any atom is 0.00722 e. The van der Waals surface area contributed by atoms with Crippen LogP contribution in [0.1, 0.15) is 90.4 Å². The lowest BCUT2D eigenvalue weighted by molar-refractivity contribution is 0.265. The third kappa shape index (κ3) is 5.85. The molecule has 2 fully saturated rings. The van der Waals surface area contributed by atoms with Gasteiger partial charge in [0, 0.05) is 6.04 Å². The van der Waals surface area contributed by atoms with Gasteiger partial charge < -0.3 is 5.32 Å². The van der Waals surface area contributed by atoms with Crippen LogP contribution in [0.5, 0.6) is 0 Å².